The first-order valence-corrected chi connectivity index (χ1v) is 11.9. The van der Waals surface area contributed by atoms with Gasteiger partial charge in [0.05, 0.1) is 29.1 Å². The van der Waals surface area contributed by atoms with E-state index >= 15 is 0 Å². The van der Waals surface area contributed by atoms with Crippen molar-refractivity contribution < 1.29 is 17.1 Å². The first-order chi connectivity index (χ1) is 17.1. The third kappa shape index (κ3) is 6.45. The summed E-state index contributed by atoms with van der Waals surface area (Å²) in [5.41, 5.74) is 3.67. The van der Waals surface area contributed by atoms with Gasteiger partial charge in [-0.15, -0.1) is 0 Å². The van der Waals surface area contributed by atoms with E-state index < -0.39 is 0 Å². The molecule has 0 saturated carbocycles. The molecule has 2 aliphatic rings. The quantitative estimate of drug-likeness (QED) is 0.525. The van der Waals surface area contributed by atoms with Crippen molar-refractivity contribution in [3.05, 3.63) is 78.0 Å². The molecule has 1 fully saturated rings. The maximum atomic E-state index is 12.8. The van der Waals surface area contributed by atoms with Gasteiger partial charge >= 0.3 is 0 Å². The normalized spacial score (nSPS) is 21.6. The molecule has 2 unspecified atom stereocenters. The van der Waals surface area contributed by atoms with E-state index in [9.17, 15) is 4.79 Å². The van der Waals surface area contributed by atoms with Gasteiger partial charge in [0.25, 0.3) is 0 Å². The standard InChI is InChI=1S/C28H31N5O2.FH.2H2/c1-3-25-24(28(32-31-25)21-12-10-20(17-29)11-13-21)14-15-27(34)30-23-8-6-16-33(19-23)18-22-7-4-5-9-26(22)35-2;;;/h3-5,7,9-15,22-23,26H,1,6,8,16,18-19H2,2H3,(H,30,34)(H,31,32);3*1H/b15-14+;;;/t22?,23-,26?;;;/m1.../s1. The van der Waals surface area contributed by atoms with E-state index in [4.69, 9.17) is 10.00 Å². The molecular weight excluding hydrogens is 457 g/mol. The van der Waals surface area contributed by atoms with E-state index in [0.717, 1.165) is 49.3 Å². The van der Waals surface area contributed by atoms with Crippen LogP contribution in [0.5, 0.6) is 0 Å². The number of nitrogens with zero attached hydrogens (tertiary/aromatic N) is 3. The van der Waals surface area contributed by atoms with Gasteiger partial charge in [0, 0.05) is 52.2 Å². The molecule has 1 aliphatic carbocycles. The Hall–Kier alpha value is -3.80. The number of allylic oxidation sites excluding steroid dienone is 2. The van der Waals surface area contributed by atoms with Crippen LogP contribution in [0.4, 0.5) is 4.70 Å². The minimum atomic E-state index is -0.130. The van der Waals surface area contributed by atoms with Crippen LogP contribution in [0.25, 0.3) is 23.4 Å². The first kappa shape index (κ1) is 26.8. The molecule has 0 bridgehead atoms. The number of methoxy groups -OCH3 is 1. The second-order valence-corrected chi connectivity index (χ2v) is 8.87. The molecule has 1 aliphatic heterocycles. The van der Waals surface area contributed by atoms with Crippen molar-refractivity contribution in [2.75, 3.05) is 26.7 Å². The van der Waals surface area contributed by atoms with Crippen molar-refractivity contribution in [1.82, 2.24) is 20.4 Å². The number of benzene rings is 1. The number of hydrogen-bond donors (Lipinski definition) is 2. The van der Waals surface area contributed by atoms with Gasteiger partial charge in [-0.05, 0) is 43.7 Å². The zero-order valence-corrected chi connectivity index (χ0v) is 20.4. The Morgan fingerprint density at radius 1 is 1.36 bits per heavy atom. The van der Waals surface area contributed by atoms with Crippen LogP contribution in [0.3, 0.4) is 0 Å². The number of nitriles is 1. The monoisotopic (exact) mass is 493 g/mol. The van der Waals surface area contributed by atoms with Crippen molar-refractivity contribution in [1.29, 1.82) is 5.26 Å². The number of ether oxygens (including phenoxy) is 1. The molecule has 36 heavy (non-hydrogen) atoms. The summed E-state index contributed by atoms with van der Waals surface area (Å²) in [4.78, 5) is 15.2. The number of amides is 1. The van der Waals surface area contributed by atoms with Gasteiger partial charge < -0.3 is 15.0 Å². The second kappa shape index (κ2) is 12.8. The fraction of sp³-hybridized carbons (Fsp3) is 0.321. The van der Waals surface area contributed by atoms with E-state index in [2.05, 4.69) is 51.3 Å². The van der Waals surface area contributed by atoms with Crippen LogP contribution >= 0.6 is 0 Å². The Kier molecular flexibility index (Phi) is 9.51. The molecule has 1 aromatic carbocycles. The number of aromatic nitrogens is 2. The lowest BCUT2D eigenvalue weighted by Gasteiger charge is -2.36. The van der Waals surface area contributed by atoms with Gasteiger partial charge in [-0.25, -0.2) is 0 Å². The molecule has 0 radical (unpaired) electrons. The van der Waals surface area contributed by atoms with Gasteiger partial charge in [0.1, 0.15) is 0 Å². The Labute approximate surface area is 214 Å². The van der Waals surface area contributed by atoms with Crippen LogP contribution in [0.1, 0.15) is 32.5 Å². The topological polar surface area (TPSA) is 94.0 Å². The van der Waals surface area contributed by atoms with Gasteiger partial charge in [0.15, 0.2) is 0 Å². The lowest BCUT2D eigenvalue weighted by atomic mass is 9.95. The van der Waals surface area contributed by atoms with Crippen LogP contribution < -0.4 is 5.32 Å². The maximum Gasteiger partial charge on any atom is 0.244 e. The summed E-state index contributed by atoms with van der Waals surface area (Å²) in [6.07, 6.45) is 15.5. The van der Waals surface area contributed by atoms with Crippen LogP contribution in [-0.2, 0) is 9.53 Å². The molecule has 2 heterocycles. The minimum absolute atomic E-state index is 0. The number of aromatic amines is 1. The number of rotatable bonds is 8. The number of piperidine rings is 1. The van der Waals surface area contributed by atoms with Crippen molar-refractivity contribution in [2.24, 2.45) is 5.92 Å². The highest BCUT2D eigenvalue weighted by molar-refractivity contribution is 5.93. The molecule has 2 N–H and O–H groups in total. The molecule has 1 amide bonds. The molecule has 1 aromatic heterocycles. The summed E-state index contributed by atoms with van der Waals surface area (Å²) in [7, 11) is 1.75. The Balaban J connectivity index is 0.00000241. The zero-order chi connectivity index (χ0) is 24.6. The lowest BCUT2D eigenvalue weighted by Crippen LogP contribution is -2.49. The number of carbonyl (C=O) groups excluding carboxylic acids is 1. The summed E-state index contributed by atoms with van der Waals surface area (Å²) in [5, 5.41) is 19.6. The maximum absolute atomic E-state index is 12.8. The summed E-state index contributed by atoms with van der Waals surface area (Å²) >= 11 is 0. The van der Waals surface area contributed by atoms with Gasteiger partial charge in [-0.2, -0.15) is 10.4 Å². The van der Waals surface area contributed by atoms with Crippen LogP contribution in [-0.4, -0.2) is 59.9 Å². The predicted molar refractivity (Wildman–Crippen MR) is 145 cm³/mol. The van der Waals surface area contributed by atoms with Gasteiger partial charge in [-0.1, -0.05) is 43.0 Å². The van der Waals surface area contributed by atoms with E-state index in [1.54, 1.807) is 37.5 Å². The van der Waals surface area contributed by atoms with E-state index in [0.29, 0.717) is 17.2 Å². The Morgan fingerprint density at radius 3 is 2.86 bits per heavy atom. The highest BCUT2D eigenvalue weighted by Crippen LogP contribution is 2.26. The van der Waals surface area contributed by atoms with E-state index in [-0.39, 0.29) is 25.6 Å². The number of H-pyrrole nitrogens is 1. The third-order valence-electron chi connectivity index (χ3n) is 6.51. The Morgan fingerprint density at radius 2 is 2.14 bits per heavy atom. The van der Waals surface area contributed by atoms with Crippen molar-refractivity contribution >= 4 is 18.1 Å². The fourth-order valence-electron chi connectivity index (χ4n) is 4.71. The van der Waals surface area contributed by atoms with Crippen molar-refractivity contribution in [3.63, 3.8) is 0 Å². The lowest BCUT2D eigenvalue weighted by molar-refractivity contribution is -0.117. The highest BCUT2D eigenvalue weighted by atomic mass is 19.0. The average Bonchev–Trinajstić information content (AvgIpc) is 3.31. The van der Waals surface area contributed by atoms with Gasteiger partial charge in [-0.3, -0.25) is 14.6 Å². The third-order valence-corrected chi connectivity index (χ3v) is 6.51. The number of carbonyl (C=O) groups is 1. The largest absolute Gasteiger partial charge is 0.377 e. The zero-order valence-electron chi connectivity index (χ0n) is 20.4. The summed E-state index contributed by atoms with van der Waals surface area (Å²) in [6.45, 7) is 6.60. The molecule has 1 saturated heterocycles. The van der Waals surface area contributed by atoms with Crippen LogP contribution in [0, 0.1) is 17.2 Å². The van der Waals surface area contributed by atoms with E-state index in [1.165, 1.54) is 0 Å². The molecule has 8 heteroatoms. The number of halogens is 1. The first-order valence-electron chi connectivity index (χ1n) is 11.9. The predicted octanol–water partition coefficient (Wildman–Crippen LogP) is 4.59. The Bertz CT molecular complexity index is 1190. The van der Waals surface area contributed by atoms with Crippen molar-refractivity contribution in [3.8, 4) is 17.3 Å². The highest BCUT2D eigenvalue weighted by Gasteiger charge is 2.26. The summed E-state index contributed by atoms with van der Waals surface area (Å²) < 4.78 is 5.60. The number of hydrogen-bond acceptors (Lipinski definition) is 5. The molecule has 3 atom stereocenters. The smallest absolute Gasteiger partial charge is 0.244 e. The second-order valence-electron chi connectivity index (χ2n) is 8.87. The summed E-state index contributed by atoms with van der Waals surface area (Å²) in [6, 6.07) is 9.42. The molecule has 7 nitrogen and oxygen atoms in total. The fourth-order valence-corrected chi connectivity index (χ4v) is 4.71. The number of likely N-dealkylation sites (tertiary alicyclic amines) is 1. The van der Waals surface area contributed by atoms with Crippen LogP contribution in [0.15, 0.2) is 61.2 Å². The molecule has 192 valence electrons. The van der Waals surface area contributed by atoms with E-state index in [1.807, 2.05) is 18.2 Å². The van der Waals surface area contributed by atoms with Crippen molar-refractivity contribution in [2.45, 2.75) is 25.0 Å². The number of nitrogens with one attached hydrogen (secondary N) is 2. The van der Waals surface area contributed by atoms with Gasteiger partial charge in [0.2, 0.25) is 5.91 Å². The van der Waals surface area contributed by atoms with Crippen LogP contribution in [0.2, 0.25) is 0 Å². The molecule has 4 rings (SSSR count). The summed E-state index contributed by atoms with van der Waals surface area (Å²) in [5.74, 6) is 0.188. The minimum Gasteiger partial charge on any atom is -0.377 e. The average molecular weight is 494 g/mol. The molecule has 0 spiro atoms. The SMILES string of the molecule is C=Cc1[nH]nc(-c2ccc(C#N)cc2)c1/C=C/C(=O)N[C@@H]1CCCN(CC2C=CC=CC2OC)C1.F.[HH].[HH]. The molecule has 2 aromatic rings. The molecular formula is C28H36FN5O2.